The summed E-state index contributed by atoms with van der Waals surface area (Å²) in [7, 11) is 0. The Morgan fingerprint density at radius 1 is 0.923 bits per heavy atom. The summed E-state index contributed by atoms with van der Waals surface area (Å²) in [5.41, 5.74) is 1.26. The van der Waals surface area contributed by atoms with Gasteiger partial charge in [0.1, 0.15) is 16.5 Å². The Kier molecular flexibility index (Phi) is 5.70. The summed E-state index contributed by atoms with van der Waals surface area (Å²) in [4.78, 5) is 28.3. The molecule has 3 aromatic rings. The first kappa shape index (κ1) is 17.8. The van der Waals surface area contributed by atoms with Crippen molar-refractivity contribution in [3.8, 4) is 10.6 Å². The normalized spacial score (nSPS) is 10.3. The highest BCUT2D eigenvalue weighted by Gasteiger charge is 2.12. The molecule has 0 spiro atoms. The van der Waals surface area contributed by atoms with Gasteiger partial charge in [-0.25, -0.2) is 9.37 Å². The number of benzene rings is 2. The predicted octanol–water partition coefficient (Wildman–Crippen LogP) is 3.11. The molecule has 0 aliphatic rings. The van der Waals surface area contributed by atoms with Crippen LogP contribution in [0.4, 0.5) is 4.39 Å². The molecule has 0 saturated heterocycles. The van der Waals surface area contributed by atoms with Gasteiger partial charge in [-0.15, -0.1) is 11.3 Å². The lowest BCUT2D eigenvalue weighted by molar-refractivity contribution is 0.0923. The molecule has 1 heterocycles. The first-order valence-corrected chi connectivity index (χ1v) is 8.85. The zero-order valence-corrected chi connectivity index (χ0v) is 14.6. The number of amides is 2. The van der Waals surface area contributed by atoms with Gasteiger partial charge in [0.2, 0.25) is 0 Å². The van der Waals surface area contributed by atoms with Gasteiger partial charge in [0.05, 0.1) is 5.56 Å². The van der Waals surface area contributed by atoms with Gasteiger partial charge < -0.3 is 10.6 Å². The van der Waals surface area contributed by atoms with Gasteiger partial charge in [-0.1, -0.05) is 42.5 Å². The van der Waals surface area contributed by atoms with E-state index in [4.69, 9.17) is 0 Å². The van der Waals surface area contributed by atoms with Gasteiger partial charge in [-0.05, 0) is 12.1 Å². The highest BCUT2D eigenvalue weighted by molar-refractivity contribution is 7.13. The van der Waals surface area contributed by atoms with E-state index in [1.54, 1.807) is 11.4 Å². The van der Waals surface area contributed by atoms with Crippen molar-refractivity contribution in [3.05, 3.63) is 77.1 Å². The fourth-order valence-electron chi connectivity index (χ4n) is 2.27. The quantitative estimate of drug-likeness (QED) is 0.656. The van der Waals surface area contributed by atoms with Crippen molar-refractivity contribution in [2.75, 3.05) is 13.1 Å². The Morgan fingerprint density at radius 2 is 1.58 bits per heavy atom. The minimum absolute atomic E-state index is 0.0224. The van der Waals surface area contributed by atoms with E-state index in [1.165, 1.54) is 29.5 Å². The van der Waals surface area contributed by atoms with Gasteiger partial charge in [-0.2, -0.15) is 0 Å². The highest BCUT2D eigenvalue weighted by Crippen LogP contribution is 2.23. The number of rotatable bonds is 6. The molecule has 132 valence electrons. The largest absolute Gasteiger partial charge is 0.350 e. The van der Waals surface area contributed by atoms with Crippen LogP contribution in [-0.4, -0.2) is 29.9 Å². The number of hydrogen-bond acceptors (Lipinski definition) is 4. The molecule has 2 N–H and O–H groups in total. The second-order valence-corrected chi connectivity index (χ2v) is 6.25. The summed E-state index contributed by atoms with van der Waals surface area (Å²) in [5.74, 6) is -1.41. The zero-order valence-electron chi connectivity index (χ0n) is 13.7. The van der Waals surface area contributed by atoms with E-state index < -0.39 is 11.7 Å². The average Bonchev–Trinajstić information content (AvgIpc) is 3.16. The molecule has 0 aliphatic carbocycles. The third-order valence-electron chi connectivity index (χ3n) is 3.57. The highest BCUT2D eigenvalue weighted by atomic mass is 32.1. The second-order valence-electron chi connectivity index (χ2n) is 5.40. The van der Waals surface area contributed by atoms with Crippen molar-refractivity contribution >= 4 is 23.2 Å². The number of nitrogens with one attached hydrogen (secondary N) is 2. The number of carbonyl (C=O) groups excluding carboxylic acids is 2. The van der Waals surface area contributed by atoms with Crippen LogP contribution in [0.15, 0.2) is 60.0 Å². The molecule has 0 aliphatic heterocycles. The van der Waals surface area contributed by atoms with Crippen LogP contribution >= 0.6 is 11.3 Å². The minimum atomic E-state index is -0.579. The second kappa shape index (κ2) is 8.35. The van der Waals surface area contributed by atoms with Gasteiger partial charge in [0.15, 0.2) is 0 Å². The fourth-order valence-corrected chi connectivity index (χ4v) is 3.08. The van der Waals surface area contributed by atoms with Crippen LogP contribution in [-0.2, 0) is 0 Å². The van der Waals surface area contributed by atoms with E-state index in [2.05, 4.69) is 15.6 Å². The molecule has 0 fully saturated rings. The molecule has 1 aromatic heterocycles. The molecular weight excluding hydrogens is 353 g/mol. The lowest BCUT2D eigenvalue weighted by Crippen LogP contribution is -2.35. The SMILES string of the molecule is O=C(NCCNC(=O)c1ccccc1F)c1csc(-c2ccccc2)n1. The smallest absolute Gasteiger partial charge is 0.270 e. The first-order valence-electron chi connectivity index (χ1n) is 7.97. The summed E-state index contributed by atoms with van der Waals surface area (Å²) in [5, 5.41) is 7.71. The van der Waals surface area contributed by atoms with Gasteiger partial charge >= 0.3 is 0 Å². The predicted molar refractivity (Wildman–Crippen MR) is 98.6 cm³/mol. The van der Waals surface area contributed by atoms with Gasteiger partial charge in [0.25, 0.3) is 11.8 Å². The average molecular weight is 369 g/mol. The summed E-state index contributed by atoms with van der Waals surface area (Å²) < 4.78 is 13.5. The molecule has 0 unspecified atom stereocenters. The van der Waals surface area contributed by atoms with E-state index >= 15 is 0 Å². The van der Waals surface area contributed by atoms with E-state index in [0.717, 1.165) is 10.6 Å². The fraction of sp³-hybridized carbons (Fsp3) is 0.105. The summed E-state index contributed by atoms with van der Waals surface area (Å²) >= 11 is 1.39. The van der Waals surface area contributed by atoms with Crippen LogP contribution in [0.3, 0.4) is 0 Å². The Morgan fingerprint density at radius 3 is 2.31 bits per heavy atom. The maximum Gasteiger partial charge on any atom is 0.270 e. The number of halogens is 1. The molecule has 0 atom stereocenters. The first-order chi connectivity index (χ1) is 12.6. The molecular formula is C19H16FN3O2S. The number of aromatic nitrogens is 1. The van der Waals surface area contributed by atoms with Crippen LogP contribution in [0, 0.1) is 5.82 Å². The standard InChI is InChI=1S/C19H16FN3O2S/c20-15-9-5-4-8-14(15)17(24)21-10-11-22-18(25)16-12-26-19(23-16)13-6-2-1-3-7-13/h1-9,12H,10-11H2,(H,21,24)(H,22,25). The molecule has 26 heavy (non-hydrogen) atoms. The van der Waals surface area contributed by atoms with E-state index in [1.807, 2.05) is 30.3 Å². The zero-order chi connectivity index (χ0) is 18.4. The van der Waals surface area contributed by atoms with Crippen LogP contribution in [0.25, 0.3) is 10.6 Å². The molecule has 7 heteroatoms. The van der Waals surface area contributed by atoms with Crippen LogP contribution in [0.1, 0.15) is 20.8 Å². The van der Waals surface area contributed by atoms with E-state index in [-0.39, 0.29) is 24.6 Å². The van der Waals surface area contributed by atoms with Crippen molar-refractivity contribution in [2.45, 2.75) is 0 Å². The number of nitrogens with zero attached hydrogens (tertiary/aromatic N) is 1. The lowest BCUT2D eigenvalue weighted by atomic mass is 10.2. The van der Waals surface area contributed by atoms with Crippen molar-refractivity contribution in [3.63, 3.8) is 0 Å². The minimum Gasteiger partial charge on any atom is -0.350 e. The third-order valence-corrected chi connectivity index (χ3v) is 4.46. The van der Waals surface area contributed by atoms with Gasteiger partial charge in [-0.3, -0.25) is 9.59 Å². The maximum absolute atomic E-state index is 13.5. The maximum atomic E-state index is 13.5. The Labute approximate surface area is 153 Å². The lowest BCUT2D eigenvalue weighted by Gasteiger charge is -2.06. The Balaban J connectivity index is 1.48. The number of carbonyl (C=O) groups is 2. The summed E-state index contributed by atoms with van der Waals surface area (Å²) in [6, 6.07) is 15.3. The van der Waals surface area contributed by atoms with Crippen LogP contribution in [0.2, 0.25) is 0 Å². The van der Waals surface area contributed by atoms with Crippen molar-refractivity contribution < 1.29 is 14.0 Å². The van der Waals surface area contributed by atoms with E-state index in [9.17, 15) is 14.0 Å². The topological polar surface area (TPSA) is 71.1 Å². The van der Waals surface area contributed by atoms with Crippen molar-refractivity contribution in [1.29, 1.82) is 0 Å². The number of thiazole rings is 1. The van der Waals surface area contributed by atoms with Crippen LogP contribution in [0.5, 0.6) is 0 Å². The summed E-state index contributed by atoms with van der Waals surface area (Å²) in [6.45, 7) is 0.409. The molecule has 2 aromatic carbocycles. The number of hydrogen-bond donors (Lipinski definition) is 2. The Bertz CT molecular complexity index is 912. The van der Waals surface area contributed by atoms with E-state index in [0.29, 0.717) is 5.69 Å². The van der Waals surface area contributed by atoms with Crippen LogP contribution < -0.4 is 10.6 Å². The molecule has 0 radical (unpaired) electrons. The molecule has 5 nitrogen and oxygen atoms in total. The third kappa shape index (κ3) is 4.31. The molecule has 0 saturated carbocycles. The van der Waals surface area contributed by atoms with Gasteiger partial charge in [0, 0.05) is 24.0 Å². The molecule has 0 bridgehead atoms. The van der Waals surface area contributed by atoms with Crippen molar-refractivity contribution in [2.24, 2.45) is 0 Å². The van der Waals surface area contributed by atoms with Crippen molar-refractivity contribution in [1.82, 2.24) is 15.6 Å². The molecule has 2 amide bonds. The summed E-state index contributed by atoms with van der Waals surface area (Å²) in [6.07, 6.45) is 0. The monoisotopic (exact) mass is 369 g/mol. The Hall–Kier alpha value is -3.06. The molecule has 3 rings (SSSR count).